The fraction of sp³-hybridized carbons (Fsp3) is 0.318. The van der Waals surface area contributed by atoms with Gasteiger partial charge in [-0.3, -0.25) is 4.79 Å². The Morgan fingerprint density at radius 2 is 2.04 bits per heavy atom. The zero-order valence-electron chi connectivity index (χ0n) is 16.0. The SMILES string of the molecule is CCc1cccc2c([C@H](CC(=O)NCCOC)c3ccc(F)cc3F)c[nH]c12. The zero-order valence-corrected chi connectivity index (χ0v) is 16.0. The van der Waals surface area contributed by atoms with Crippen LogP contribution in [0.3, 0.4) is 0 Å². The Bertz CT molecular complexity index is 968. The average molecular weight is 386 g/mol. The van der Waals surface area contributed by atoms with E-state index in [0.29, 0.717) is 18.7 Å². The zero-order chi connectivity index (χ0) is 20.1. The summed E-state index contributed by atoms with van der Waals surface area (Å²) in [6.45, 7) is 2.84. The van der Waals surface area contributed by atoms with Crippen molar-refractivity contribution in [3.8, 4) is 0 Å². The van der Waals surface area contributed by atoms with E-state index < -0.39 is 17.6 Å². The van der Waals surface area contributed by atoms with Gasteiger partial charge in [-0.15, -0.1) is 0 Å². The Hall–Kier alpha value is -2.73. The summed E-state index contributed by atoms with van der Waals surface area (Å²) >= 11 is 0. The number of benzene rings is 2. The van der Waals surface area contributed by atoms with Crippen LogP contribution in [-0.4, -0.2) is 31.2 Å². The molecule has 1 atom stereocenters. The lowest BCUT2D eigenvalue weighted by atomic mass is 9.87. The first-order valence-corrected chi connectivity index (χ1v) is 9.34. The van der Waals surface area contributed by atoms with Crippen LogP contribution >= 0.6 is 0 Å². The van der Waals surface area contributed by atoms with E-state index in [1.807, 2.05) is 24.4 Å². The van der Waals surface area contributed by atoms with E-state index in [1.165, 1.54) is 12.1 Å². The summed E-state index contributed by atoms with van der Waals surface area (Å²) in [5.41, 5.74) is 3.24. The molecule has 28 heavy (non-hydrogen) atoms. The molecule has 0 aliphatic heterocycles. The number of halogens is 2. The van der Waals surface area contributed by atoms with Gasteiger partial charge >= 0.3 is 0 Å². The third kappa shape index (κ3) is 4.22. The Kier molecular flexibility index (Phi) is 6.41. The number of amides is 1. The Labute approximate surface area is 162 Å². The van der Waals surface area contributed by atoms with Crippen molar-refractivity contribution in [2.45, 2.75) is 25.7 Å². The molecule has 3 rings (SSSR count). The van der Waals surface area contributed by atoms with Crippen LogP contribution in [-0.2, 0) is 16.0 Å². The fourth-order valence-corrected chi connectivity index (χ4v) is 3.54. The van der Waals surface area contributed by atoms with Gasteiger partial charge in [-0.1, -0.05) is 31.2 Å². The third-order valence-corrected chi connectivity index (χ3v) is 4.95. The van der Waals surface area contributed by atoms with Gasteiger partial charge in [0.2, 0.25) is 5.91 Å². The second kappa shape index (κ2) is 8.97. The van der Waals surface area contributed by atoms with Crippen molar-refractivity contribution < 1.29 is 18.3 Å². The molecule has 0 saturated heterocycles. The molecule has 2 aromatic carbocycles. The van der Waals surface area contributed by atoms with Crippen LogP contribution < -0.4 is 5.32 Å². The van der Waals surface area contributed by atoms with Gasteiger partial charge in [-0.05, 0) is 29.2 Å². The Morgan fingerprint density at radius 3 is 2.75 bits per heavy atom. The number of ether oxygens (including phenoxy) is 1. The summed E-state index contributed by atoms with van der Waals surface area (Å²) in [6.07, 6.45) is 2.72. The largest absolute Gasteiger partial charge is 0.383 e. The van der Waals surface area contributed by atoms with E-state index in [0.717, 1.165) is 34.5 Å². The number of aromatic amines is 1. The topological polar surface area (TPSA) is 54.1 Å². The molecule has 0 aliphatic carbocycles. The van der Waals surface area contributed by atoms with Gasteiger partial charge in [0.25, 0.3) is 0 Å². The van der Waals surface area contributed by atoms with Crippen LogP contribution in [0.4, 0.5) is 8.78 Å². The lowest BCUT2D eigenvalue weighted by Crippen LogP contribution is -2.28. The normalized spacial score (nSPS) is 12.3. The summed E-state index contributed by atoms with van der Waals surface area (Å²) in [5, 5.41) is 3.72. The van der Waals surface area contributed by atoms with Crippen LogP contribution in [0.1, 0.15) is 36.0 Å². The molecule has 0 unspecified atom stereocenters. The quantitative estimate of drug-likeness (QED) is 0.568. The van der Waals surface area contributed by atoms with Gasteiger partial charge in [-0.2, -0.15) is 0 Å². The number of rotatable bonds is 8. The van der Waals surface area contributed by atoms with Crippen molar-refractivity contribution in [2.24, 2.45) is 0 Å². The van der Waals surface area contributed by atoms with Crippen molar-refractivity contribution in [1.29, 1.82) is 0 Å². The molecular weight excluding hydrogens is 362 g/mol. The van der Waals surface area contributed by atoms with E-state index in [9.17, 15) is 13.6 Å². The predicted octanol–water partition coefficient (Wildman–Crippen LogP) is 4.29. The molecule has 1 aromatic heterocycles. The number of fused-ring (bicyclic) bond motifs is 1. The second-order valence-electron chi connectivity index (χ2n) is 6.70. The number of nitrogens with one attached hydrogen (secondary N) is 2. The number of aryl methyl sites for hydroxylation is 1. The summed E-state index contributed by atoms with van der Waals surface area (Å²) < 4.78 is 33.0. The van der Waals surface area contributed by atoms with Gasteiger partial charge in [0.15, 0.2) is 0 Å². The molecular formula is C22H24F2N2O2. The van der Waals surface area contributed by atoms with E-state index in [1.54, 1.807) is 7.11 Å². The molecule has 0 aliphatic rings. The summed E-state index contributed by atoms with van der Waals surface area (Å²) in [4.78, 5) is 15.7. The number of para-hydroxylation sites is 1. The maximum absolute atomic E-state index is 14.6. The molecule has 4 nitrogen and oxygen atoms in total. The van der Waals surface area contributed by atoms with Crippen LogP contribution in [0.5, 0.6) is 0 Å². The van der Waals surface area contributed by atoms with Crippen molar-refractivity contribution in [1.82, 2.24) is 10.3 Å². The van der Waals surface area contributed by atoms with Crippen LogP contribution in [0.25, 0.3) is 10.9 Å². The van der Waals surface area contributed by atoms with Crippen molar-refractivity contribution in [3.05, 3.63) is 70.9 Å². The lowest BCUT2D eigenvalue weighted by Gasteiger charge is -2.18. The molecule has 2 N–H and O–H groups in total. The Balaban J connectivity index is 2.02. The molecule has 6 heteroatoms. The summed E-state index contributed by atoms with van der Waals surface area (Å²) in [7, 11) is 1.56. The summed E-state index contributed by atoms with van der Waals surface area (Å²) in [5.74, 6) is -2.05. The molecule has 148 valence electrons. The monoisotopic (exact) mass is 386 g/mol. The van der Waals surface area contributed by atoms with Gasteiger partial charge in [0.05, 0.1) is 6.61 Å². The first-order valence-electron chi connectivity index (χ1n) is 9.34. The van der Waals surface area contributed by atoms with Crippen molar-refractivity contribution >= 4 is 16.8 Å². The van der Waals surface area contributed by atoms with Gasteiger partial charge in [-0.25, -0.2) is 8.78 Å². The summed E-state index contributed by atoms with van der Waals surface area (Å²) in [6, 6.07) is 9.44. The first-order chi connectivity index (χ1) is 13.5. The number of carbonyl (C=O) groups is 1. The highest BCUT2D eigenvalue weighted by atomic mass is 19.1. The van der Waals surface area contributed by atoms with E-state index in [4.69, 9.17) is 4.74 Å². The average Bonchev–Trinajstić information content (AvgIpc) is 3.11. The first kappa shape index (κ1) is 20.0. The maximum Gasteiger partial charge on any atom is 0.221 e. The number of H-pyrrole nitrogens is 1. The molecule has 0 saturated carbocycles. The predicted molar refractivity (Wildman–Crippen MR) is 105 cm³/mol. The van der Waals surface area contributed by atoms with Gasteiger partial charge < -0.3 is 15.0 Å². The highest BCUT2D eigenvalue weighted by Gasteiger charge is 2.24. The lowest BCUT2D eigenvalue weighted by molar-refractivity contribution is -0.121. The van der Waals surface area contributed by atoms with Crippen molar-refractivity contribution in [3.63, 3.8) is 0 Å². The van der Waals surface area contributed by atoms with Gasteiger partial charge in [0, 0.05) is 49.2 Å². The van der Waals surface area contributed by atoms with Crippen LogP contribution in [0.15, 0.2) is 42.6 Å². The minimum atomic E-state index is -0.657. The molecule has 0 radical (unpaired) electrons. The number of hydrogen-bond donors (Lipinski definition) is 2. The maximum atomic E-state index is 14.6. The molecule has 0 bridgehead atoms. The van der Waals surface area contributed by atoms with E-state index in [2.05, 4.69) is 17.2 Å². The standard InChI is InChI=1S/C22H24F2N2O2/c1-3-14-5-4-6-17-19(13-26-22(14)17)18(12-21(27)25-9-10-28-2)16-8-7-15(23)11-20(16)24/h4-8,11,13,18,26H,3,9-10,12H2,1-2H3,(H,25,27)/t18-/m1/s1. The molecule has 0 spiro atoms. The molecule has 1 amide bonds. The molecule has 1 heterocycles. The molecule has 3 aromatic rings. The van der Waals surface area contributed by atoms with Crippen LogP contribution in [0.2, 0.25) is 0 Å². The fourth-order valence-electron chi connectivity index (χ4n) is 3.54. The number of methoxy groups -OCH3 is 1. The Morgan fingerprint density at radius 1 is 1.21 bits per heavy atom. The van der Waals surface area contributed by atoms with Crippen molar-refractivity contribution in [2.75, 3.05) is 20.3 Å². The smallest absolute Gasteiger partial charge is 0.221 e. The number of hydrogen-bond acceptors (Lipinski definition) is 2. The van der Waals surface area contributed by atoms with Gasteiger partial charge in [0.1, 0.15) is 11.6 Å². The minimum Gasteiger partial charge on any atom is -0.383 e. The molecule has 0 fully saturated rings. The number of carbonyl (C=O) groups excluding carboxylic acids is 1. The highest BCUT2D eigenvalue weighted by Crippen LogP contribution is 2.35. The minimum absolute atomic E-state index is 0.0512. The van der Waals surface area contributed by atoms with E-state index in [-0.39, 0.29) is 12.3 Å². The van der Waals surface area contributed by atoms with E-state index >= 15 is 0 Å². The van der Waals surface area contributed by atoms with Crippen LogP contribution in [0, 0.1) is 11.6 Å². The number of aromatic nitrogens is 1. The second-order valence-corrected chi connectivity index (χ2v) is 6.70. The highest BCUT2D eigenvalue weighted by molar-refractivity contribution is 5.88. The third-order valence-electron chi connectivity index (χ3n) is 4.95.